The Balaban J connectivity index is 1.67. The highest BCUT2D eigenvalue weighted by atomic mass is 79.9. The van der Waals surface area contributed by atoms with Crippen molar-refractivity contribution < 1.29 is 0 Å². The van der Waals surface area contributed by atoms with Gasteiger partial charge in [0.05, 0.1) is 31.1 Å². The van der Waals surface area contributed by atoms with Crippen LogP contribution < -0.4 is 10.6 Å². The molecule has 3 rings (SSSR count). The lowest BCUT2D eigenvalue weighted by atomic mass is 10.2. The third kappa shape index (κ3) is 5.50. The molecule has 4 nitrogen and oxygen atoms in total. The number of thiocarbonyl (C=S) groups is 1. The van der Waals surface area contributed by atoms with Crippen molar-refractivity contribution in [1.29, 1.82) is 0 Å². The number of hydrogen-bond donors (Lipinski definition) is 2. The van der Waals surface area contributed by atoms with Crippen LogP contribution in [0.15, 0.2) is 47.1 Å². The van der Waals surface area contributed by atoms with Gasteiger partial charge in [0, 0.05) is 11.9 Å². The van der Waals surface area contributed by atoms with Gasteiger partial charge in [-0.3, -0.25) is 4.68 Å². The number of nitrogens with zero attached hydrogens (tertiary/aromatic N) is 2. The maximum absolute atomic E-state index is 6.06. The molecule has 0 unspecified atom stereocenters. The molecule has 0 radical (unpaired) electrons. The Kier molecular flexibility index (Phi) is 6.89. The van der Waals surface area contributed by atoms with Crippen LogP contribution in [0.2, 0.25) is 20.1 Å². The first-order chi connectivity index (χ1) is 12.8. The van der Waals surface area contributed by atoms with Gasteiger partial charge in [0.15, 0.2) is 10.9 Å². The molecule has 0 aliphatic carbocycles. The predicted molar refractivity (Wildman–Crippen MR) is 122 cm³/mol. The molecular formula is C17H11BrCl4N4S. The molecule has 0 atom stereocenters. The largest absolute Gasteiger partial charge is 0.332 e. The van der Waals surface area contributed by atoms with E-state index in [1.165, 1.54) is 0 Å². The molecule has 140 valence electrons. The SMILES string of the molecule is S=C(Nc1ccc(Cl)c(Cl)c1)Nc1nn(Cc2ccc(Cl)c(Cl)c2)cc1Br. The summed E-state index contributed by atoms with van der Waals surface area (Å²) >= 11 is 32.7. The lowest BCUT2D eigenvalue weighted by molar-refractivity contribution is 0.689. The summed E-state index contributed by atoms with van der Waals surface area (Å²) < 4.78 is 2.52. The van der Waals surface area contributed by atoms with Crippen molar-refractivity contribution in [2.45, 2.75) is 6.54 Å². The van der Waals surface area contributed by atoms with E-state index in [9.17, 15) is 0 Å². The van der Waals surface area contributed by atoms with E-state index in [0.29, 0.717) is 43.3 Å². The van der Waals surface area contributed by atoms with E-state index in [-0.39, 0.29) is 0 Å². The smallest absolute Gasteiger partial charge is 0.176 e. The third-order valence-corrected chi connectivity index (χ3v) is 5.72. The second kappa shape index (κ2) is 8.99. The first-order valence-electron chi connectivity index (χ1n) is 7.52. The molecule has 0 aliphatic rings. The summed E-state index contributed by atoms with van der Waals surface area (Å²) in [4.78, 5) is 0. The zero-order chi connectivity index (χ0) is 19.6. The van der Waals surface area contributed by atoms with E-state index >= 15 is 0 Å². The van der Waals surface area contributed by atoms with E-state index in [4.69, 9.17) is 58.6 Å². The minimum absolute atomic E-state index is 0.369. The van der Waals surface area contributed by atoms with E-state index in [1.807, 2.05) is 18.3 Å². The van der Waals surface area contributed by atoms with Gasteiger partial charge in [-0.1, -0.05) is 52.5 Å². The van der Waals surface area contributed by atoms with Crippen LogP contribution in [-0.4, -0.2) is 14.9 Å². The maximum atomic E-state index is 6.06. The lowest BCUT2D eigenvalue weighted by Crippen LogP contribution is -2.19. The van der Waals surface area contributed by atoms with Crippen LogP contribution in [0.1, 0.15) is 5.56 Å². The van der Waals surface area contributed by atoms with Gasteiger partial charge in [0.1, 0.15) is 0 Å². The fraction of sp³-hybridized carbons (Fsp3) is 0.0588. The standard InChI is InChI=1S/C17H11BrCl4N4S/c18-11-8-26(7-9-1-3-12(19)14(21)5-9)25-16(11)24-17(27)23-10-2-4-13(20)15(22)6-10/h1-6,8H,7H2,(H2,23,24,25,27). The van der Waals surface area contributed by atoms with Crippen LogP contribution in [0.4, 0.5) is 11.5 Å². The molecule has 2 N–H and O–H groups in total. The summed E-state index contributed by atoms with van der Waals surface area (Å²) in [6, 6.07) is 10.6. The number of hydrogen-bond acceptors (Lipinski definition) is 2. The Morgan fingerprint density at radius 2 is 1.63 bits per heavy atom. The zero-order valence-electron chi connectivity index (χ0n) is 13.4. The summed E-state index contributed by atoms with van der Waals surface area (Å²) in [5.74, 6) is 0.577. The molecule has 0 fully saturated rings. The molecule has 0 spiro atoms. The fourth-order valence-corrected chi connectivity index (χ4v) is 3.48. The van der Waals surface area contributed by atoms with Crippen molar-refractivity contribution >= 4 is 91.2 Å². The molecule has 27 heavy (non-hydrogen) atoms. The molecule has 0 aliphatic heterocycles. The minimum Gasteiger partial charge on any atom is -0.332 e. The van der Waals surface area contributed by atoms with Crippen molar-refractivity contribution in [1.82, 2.24) is 9.78 Å². The normalized spacial score (nSPS) is 10.7. The highest BCUT2D eigenvalue weighted by molar-refractivity contribution is 9.10. The number of nitrogens with one attached hydrogen (secondary N) is 2. The molecule has 10 heteroatoms. The van der Waals surface area contributed by atoms with Crippen molar-refractivity contribution in [3.8, 4) is 0 Å². The molecular weight excluding hydrogens is 514 g/mol. The van der Waals surface area contributed by atoms with Gasteiger partial charge in [-0.2, -0.15) is 5.10 Å². The van der Waals surface area contributed by atoms with E-state index in [2.05, 4.69) is 31.7 Å². The summed E-state index contributed by atoms with van der Waals surface area (Å²) in [5.41, 5.74) is 1.69. The molecule has 2 aromatic carbocycles. The Bertz CT molecular complexity index is 1010. The molecule has 3 aromatic rings. The molecule has 0 amide bonds. The van der Waals surface area contributed by atoms with Crippen molar-refractivity contribution in [2.24, 2.45) is 0 Å². The average molecular weight is 525 g/mol. The molecule has 1 heterocycles. The molecule has 0 saturated heterocycles. The number of rotatable bonds is 4. The predicted octanol–water partition coefficient (Wildman–Crippen LogP) is 7.12. The van der Waals surface area contributed by atoms with Crippen LogP contribution >= 0.6 is 74.6 Å². The van der Waals surface area contributed by atoms with Gasteiger partial charge in [0.25, 0.3) is 0 Å². The van der Waals surface area contributed by atoms with Crippen LogP contribution in [0.3, 0.4) is 0 Å². The van der Waals surface area contributed by atoms with Gasteiger partial charge >= 0.3 is 0 Å². The zero-order valence-corrected chi connectivity index (χ0v) is 18.9. The maximum Gasteiger partial charge on any atom is 0.176 e. The number of aromatic nitrogens is 2. The van der Waals surface area contributed by atoms with Crippen molar-refractivity contribution in [3.05, 3.63) is 72.7 Å². The van der Waals surface area contributed by atoms with Crippen LogP contribution in [-0.2, 0) is 6.54 Å². The monoisotopic (exact) mass is 522 g/mol. The van der Waals surface area contributed by atoms with Gasteiger partial charge < -0.3 is 10.6 Å². The molecule has 0 bridgehead atoms. The van der Waals surface area contributed by atoms with Crippen LogP contribution in [0.5, 0.6) is 0 Å². The third-order valence-electron chi connectivity index (χ3n) is 3.46. The number of halogens is 5. The Hall–Kier alpha value is -1.02. The highest BCUT2D eigenvalue weighted by Crippen LogP contribution is 2.26. The Morgan fingerprint density at radius 3 is 2.30 bits per heavy atom. The summed E-state index contributed by atoms with van der Waals surface area (Å²) in [6.45, 7) is 0.532. The quantitative estimate of drug-likeness (QED) is 0.357. The van der Waals surface area contributed by atoms with Gasteiger partial charge in [-0.25, -0.2) is 0 Å². The van der Waals surface area contributed by atoms with Crippen LogP contribution in [0.25, 0.3) is 0 Å². The fourth-order valence-electron chi connectivity index (χ4n) is 2.23. The first-order valence-corrected chi connectivity index (χ1v) is 10.2. The average Bonchev–Trinajstić information content (AvgIpc) is 2.93. The van der Waals surface area contributed by atoms with E-state index < -0.39 is 0 Å². The van der Waals surface area contributed by atoms with Crippen molar-refractivity contribution in [2.75, 3.05) is 10.6 Å². The summed E-state index contributed by atoms with van der Waals surface area (Å²) in [7, 11) is 0. The van der Waals surface area contributed by atoms with Gasteiger partial charge in [0.2, 0.25) is 0 Å². The number of anilines is 2. The second-order valence-corrected chi connectivity index (χ2v) is 8.37. The minimum atomic E-state index is 0.369. The Morgan fingerprint density at radius 1 is 0.963 bits per heavy atom. The highest BCUT2D eigenvalue weighted by Gasteiger charge is 2.10. The number of benzene rings is 2. The lowest BCUT2D eigenvalue weighted by Gasteiger charge is -2.10. The molecule has 1 aromatic heterocycles. The van der Waals surface area contributed by atoms with E-state index in [0.717, 1.165) is 10.0 Å². The van der Waals surface area contributed by atoms with E-state index in [1.54, 1.807) is 28.9 Å². The second-order valence-electron chi connectivity index (χ2n) is 5.48. The van der Waals surface area contributed by atoms with Crippen molar-refractivity contribution in [3.63, 3.8) is 0 Å². The first kappa shape index (κ1) is 20.7. The van der Waals surface area contributed by atoms with Gasteiger partial charge in [-0.05, 0) is 64.0 Å². The Labute approximate surface area is 189 Å². The van der Waals surface area contributed by atoms with Crippen LogP contribution in [0, 0.1) is 0 Å². The van der Waals surface area contributed by atoms with Gasteiger partial charge in [-0.15, -0.1) is 0 Å². The topological polar surface area (TPSA) is 41.9 Å². The molecule has 0 saturated carbocycles. The summed E-state index contributed by atoms with van der Waals surface area (Å²) in [6.07, 6.45) is 1.84. The summed E-state index contributed by atoms with van der Waals surface area (Å²) in [5, 5.41) is 12.9.